The lowest BCUT2D eigenvalue weighted by Gasteiger charge is -2.18. The maximum Gasteiger partial charge on any atom is 0.319 e. The molecule has 5 heteroatoms. The highest BCUT2D eigenvalue weighted by molar-refractivity contribution is 5.89. The van der Waals surface area contributed by atoms with Gasteiger partial charge in [-0.2, -0.15) is 0 Å². The molecule has 2 aromatic rings. The third-order valence-corrected chi connectivity index (χ3v) is 3.08. The van der Waals surface area contributed by atoms with Crippen molar-refractivity contribution < 1.29 is 4.79 Å². The van der Waals surface area contributed by atoms with E-state index in [1.165, 1.54) is 5.56 Å². The van der Waals surface area contributed by atoms with Gasteiger partial charge in [-0.1, -0.05) is 30.3 Å². The Morgan fingerprint density at radius 2 is 1.91 bits per heavy atom. The SMILES string of the molecule is CC(C)NC(=O)Nc1ccc(N(C)Cc2ccccc2)nc1. The number of nitrogens with zero attached hydrogens (tertiary/aromatic N) is 2. The highest BCUT2D eigenvalue weighted by Crippen LogP contribution is 2.15. The number of anilines is 2. The number of carbonyl (C=O) groups excluding carboxylic acids is 1. The van der Waals surface area contributed by atoms with E-state index in [4.69, 9.17) is 0 Å². The van der Waals surface area contributed by atoms with Gasteiger partial charge in [-0.15, -0.1) is 0 Å². The van der Waals surface area contributed by atoms with E-state index in [2.05, 4.69) is 32.7 Å². The largest absolute Gasteiger partial charge is 0.355 e. The quantitative estimate of drug-likeness (QED) is 0.891. The van der Waals surface area contributed by atoms with Crippen LogP contribution in [-0.2, 0) is 6.54 Å². The number of rotatable bonds is 5. The molecular weight excluding hydrogens is 276 g/mol. The Labute approximate surface area is 131 Å². The second kappa shape index (κ2) is 7.45. The Bertz CT molecular complexity index is 596. The van der Waals surface area contributed by atoms with Crippen molar-refractivity contribution in [3.8, 4) is 0 Å². The van der Waals surface area contributed by atoms with E-state index >= 15 is 0 Å². The van der Waals surface area contributed by atoms with Crippen molar-refractivity contribution in [2.75, 3.05) is 17.3 Å². The predicted octanol–water partition coefficient (Wildman–Crippen LogP) is 3.25. The van der Waals surface area contributed by atoms with Crippen LogP contribution in [-0.4, -0.2) is 24.1 Å². The number of hydrogen-bond donors (Lipinski definition) is 2. The van der Waals surface area contributed by atoms with Crippen LogP contribution < -0.4 is 15.5 Å². The van der Waals surface area contributed by atoms with Crippen LogP contribution in [0, 0.1) is 0 Å². The maximum absolute atomic E-state index is 11.6. The fourth-order valence-corrected chi connectivity index (χ4v) is 2.05. The molecule has 0 fully saturated rings. The van der Waals surface area contributed by atoms with Gasteiger partial charge in [0.15, 0.2) is 0 Å². The van der Waals surface area contributed by atoms with Gasteiger partial charge < -0.3 is 15.5 Å². The summed E-state index contributed by atoms with van der Waals surface area (Å²) < 4.78 is 0. The summed E-state index contributed by atoms with van der Waals surface area (Å²) >= 11 is 0. The Morgan fingerprint density at radius 1 is 1.18 bits per heavy atom. The molecule has 2 N–H and O–H groups in total. The fraction of sp³-hybridized carbons (Fsp3) is 0.294. The summed E-state index contributed by atoms with van der Waals surface area (Å²) in [5, 5.41) is 5.53. The van der Waals surface area contributed by atoms with E-state index in [1.807, 2.05) is 51.2 Å². The molecule has 0 aliphatic heterocycles. The van der Waals surface area contributed by atoms with Gasteiger partial charge in [0.2, 0.25) is 0 Å². The lowest BCUT2D eigenvalue weighted by atomic mass is 10.2. The molecule has 0 aliphatic carbocycles. The van der Waals surface area contributed by atoms with E-state index in [1.54, 1.807) is 6.20 Å². The summed E-state index contributed by atoms with van der Waals surface area (Å²) in [6.45, 7) is 4.62. The molecular formula is C17H22N4O. The molecule has 0 saturated carbocycles. The van der Waals surface area contributed by atoms with Gasteiger partial charge in [0, 0.05) is 19.6 Å². The first-order valence-electron chi connectivity index (χ1n) is 7.33. The molecule has 1 aromatic heterocycles. The van der Waals surface area contributed by atoms with E-state index in [0.717, 1.165) is 12.4 Å². The van der Waals surface area contributed by atoms with Crippen molar-refractivity contribution in [2.24, 2.45) is 0 Å². The lowest BCUT2D eigenvalue weighted by molar-refractivity contribution is 0.250. The number of pyridine rings is 1. The Kier molecular flexibility index (Phi) is 5.36. The van der Waals surface area contributed by atoms with Crippen molar-refractivity contribution in [3.05, 3.63) is 54.2 Å². The summed E-state index contributed by atoms with van der Waals surface area (Å²) in [5.74, 6) is 0.860. The van der Waals surface area contributed by atoms with Crippen LogP contribution in [0.3, 0.4) is 0 Å². The molecule has 1 heterocycles. The van der Waals surface area contributed by atoms with Crippen molar-refractivity contribution in [1.82, 2.24) is 10.3 Å². The highest BCUT2D eigenvalue weighted by Gasteiger charge is 2.06. The van der Waals surface area contributed by atoms with E-state index in [-0.39, 0.29) is 12.1 Å². The standard InChI is InChI=1S/C17H22N4O/c1-13(2)19-17(22)20-15-9-10-16(18-11-15)21(3)12-14-7-5-4-6-8-14/h4-11,13H,12H2,1-3H3,(H2,19,20,22). The number of hydrogen-bond acceptors (Lipinski definition) is 3. The third-order valence-electron chi connectivity index (χ3n) is 3.08. The lowest BCUT2D eigenvalue weighted by Crippen LogP contribution is -2.34. The zero-order valence-corrected chi connectivity index (χ0v) is 13.2. The summed E-state index contributed by atoms with van der Waals surface area (Å²) in [6.07, 6.45) is 1.66. The van der Waals surface area contributed by atoms with Gasteiger partial charge in [-0.05, 0) is 31.5 Å². The minimum atomic E-state index is -0.220. The summed E-state index contributed by atoms with van der Waals surface area (Å²) in [7, 11) is 1.99. The average Bonchev–Trinajstić information content (AvgIpc) is 2.48. The van der Waals surface area contributed by atoms with Crippen LogP contribution in [0.25, 0.3) is 0 Å². The van der Waals surface area contributed by atoms with Gasteiger partial charge in [0.1, 0.15) is 5.82 Å². The smallest absolute Gasteiger partial charge is 0.319 e. The van der Waals surface area contributed by atoms with Crippen molar-refractivity contribution in [1.29, 1.82) is 0 Å². The number of urea groups is 1. The molecule has 116 valence electrons. The number of carbonyl (C=O) groups is 1. The average molecular weight is 298 g/mol. The summed E-state index contributed by atoms with van der Waals surface area (Å²) in [5.41, 5.74) is 1.90. The summed E-state index contributed by atoms with van der Waals surface area (Å²) in [4.78, 5) is 18.1. The number of aromatic nitrogens is 1. The first kappa shape index (κ1) is 15.8. The van der Waals surface area contributed by atoms with Crippen molar-refractivity contribution in [2.45, 2.75) is 26.4 Å². The molecule has 0 aliphatic rings. The molecule has 0 bridgehead atoms. The van der Waals surface area contributed by atoms with Crippen LogP contribution in [0.4, 0.5) is 16.3 Å². The normalized spacial score (nSPS) is 10.4. The zero-order chi connectivity index (χ0) is 15.9. The van der Waals surface area contributed by atoms with Crippen molar-refractivity contribution in [3.63, 3.8) is 0 Å². The monoisotopic (exact) mass is 298 g/mol. The molecule has 0 radical (unpaired) electrons. The molecule has 2 rings (SSSR count). The molecule has 0 atom stereocenters. The number of benzene rings is 1. The predicted molar refractivity (Wildman–Crippen MR) is 90.1 cm³/mol. The molecule has 22 heavy (non-hydrogen) atoms. The van der Waals surface area contributed by atoms with E-state index in [9.17, 15) is 4.79 Å². The molecule has 0 spiro atoms. The number of nitrogens with one attached hydrogen (secondary N) is 2. The highest BCUT2D eigenvalue weighted by atomic mass is 16.2. The van der Waals surface area contributed by atoms with Gasteiger partial charge >= 0.3 is 6.03 Å². The second-order valence-electron chi connectivity index (χ2n) is 5.50. The van der Waals surface area contributed by atoms with Crippen molar-refractivity contribution >= 4 is 17.5 Å². The first-order chi connectivity index (χ1) is 10.5. The van der Waals surface area contributed by atoms with E-state index in [0.29, 0.717) is 5.69 Å². The Hall–Kier alpha value is -2.56. The molecule has 2 amide bonds. The Balaban J connectivity index is 1.95. The minimum Gasteiger partial charge on any atom is -0.355 e. The zero-order valence-electron chi connectivity index (χ0n) is 13.2. The fourth-order valence-electron chi connectivity index (χ4n) is 2.05. The van der Waals surface area contributed by atoms with Crippen LogP contribution in [0.5, 0.6) is 0 Å². The second-order valence-corrected chi connectivity index (χ2v) is 5.50. The molecule has 0 unspecified atom stereocenters. The third kappa shape index (κ3) is 4.77. The van der Waals surface area contributed by atoms with Gasteiger partial charge in [-0.3, -0.25) is 0 Å². The first-order valence-corrected chi connectivity index (χ1v) is 7.33. The topological polar surface area (TPSA) is 57.3 Å². The van der Waals surface area contributed by atoms with Gasteiger partial charge in [-0.25, -0.2) is 9.78 Å². The number of amides is 2. The van der Waals surface area contributed by atoms with Crippen LogP contribution in [0.15, 0.2) is 48.7 Å². The molecule has 1 aromatic carbocycles. The minimum absolute atomic E-state index is 0.101. The van der Waals surface area contributed by atoms with Crippen LogP contribution >= 0.6 is 0 Å². The van der Waals surface area contributed by atoms with Gasteiger partial charge in [0.05, 0.1) is 11.9 Å². The van der Waals surface area contributed by atoms with Crippen LogP contribution in [0.1, 0.15) is 19.4 Å². The molecule has 0 saturated heterocycles. The van der Waals surface area contributed by atoms with Crippen LogP contribution in [0.2, 0.25) is 0 Å². The summed E-state index contributed by atoms with van der Waals surface area (Å²) in [6, 6.07) is 13.9. The van der Waals surface area contributed by atoms with Gasteiger partial charge in [0.25, 0.3) is 0 Å². The van der Waals surface area contributed by atoms with E-state index < -0.39 is 0 Å². The maximum atomic E-state index is 11.6. The Morgan fingerprint density at radius 3 is 2.50 bits per heavy atom. The molecule has 5 nitrogen and oxygen atoms in total.